The summed E-state index contributed by atoms with van der Waals surface area (Å²) in [5, 5.41) is 12.9. The number of sulfonamides is 1. The van der Waals surface area contributed by atoms with E-state index in [1.54, 1.807) is 17.3 Å². The van der Waals surface area contributed by atoms with Gasteiger partial charge in [-0.3, -0.25) is 0 Å². The SMILES string of the molecule is CN(CCNc1cnc(OCC2CCN(C(=O)OC3(C)CC3)CC2)cn1)S(=O)(=O)CCC1(O)CC1. The highest BCUT2D eigenvalue weighted by Crippen LogP contribution is 2.39. The predicted octanol–water partition coefficient (Wildman–Crippen LogP) is 1.85. The zero-order valence-electron chi connectivity index (χ0n) is 20.6. The number of hydrogen-bond acceptors (Lipinski definition) is 9. The number of ether oxygens (including phenoxy) is 2. The third kappa shape index (κ3) is 7.65. The Balaban J connectivity index is 1.11. The van der Waals surface area contributed by atoms with Gasteiger partial charge >= 0.3 is 6.09 Å². The number of anilines is 1. The van der Waals surface area contributed by atoms with Gasteiger partial charge in [0.2, 0.25) is 15.9 Å². The fourth-order valence-corrected chi connectivity index (χ4v) is 5.19. The first-order chi connectivity index (χ1) is 16.6. The Morgan fingerprint density at radius 2 is 1.94 bits per heavy atom. The van der Waals surface area contributed by atoms with Crippen LogP contribution in [0.15, 0.2) is 12.4 Å². The first-order valence-corrected chi connectivity index (χ1v) is 14.0. The van der Waals surface area contributed by atoms with Crippen molar-refractivity contribution in [2.75, 3.05) is 50.9 Å². The van der Waals surface area contributed by atoms with E-state index in [1.807, 2.05) is 6.92 Å². The maximum atomic E-state index is 12.3. The molecule has 0 atom stereocenters. The second-order valence-electron chi connectivity index (χ2n) is 10.3. The Morgan fingerprint density at radius 1 is 1.23 bits per heavy atom. The van der Waals surface area contributed by atoms with E-state index >= 15 is 0 Å². The van der Waals surface area contributed by atoms with Crippen molar-refractivity contribution in [1.82, 2.24) is 19.2 Å². The fourth-order valence-electron chi connectivity index (χ4n) is 3.87. The highest BCUT2D eigenvalue weighted by molar-refractivity contribution is 7.89. The Bertz CT molecular complexity index is 973. The van der Waals surface area contributed by atoms with Gasteiger partial charge in [0.1, 0.15) is 11.4 Å². The fraction of sp³-hybridized carbons (Fsp3) is 0.783. The second-order valence-corrected chi connectivity index (χ2v) is 12.5. The lowest BCUT2D eigenvalue weighted by Crippen LogP contribution is -2.41. The van der Waals surface area contributed by atoms with Crippen LogP contribution in [-0.2, 0) is 14.8 Å². The maximum absolute atomic E-state index is 12.3. The summed E-state index contributed by atoms with van der Waals surface area (Å²) >= 11 is 0. The largest absolute Gasteiger partial charge is 0.476 e. The molecule has 2 N–H and O–H groups in total. The lowest BCUT2D eigenvalue weighted by Gasteiger charge is -2.31. The zero-order chi connectivity index (χ0) is 25.1. The number of aliphatic hydroxyl groups is 1. The number of piperidine rings is 1. The van der Waals surface area contributed by atoms with Crippen molar-refractivity contribution in [1.29, 1.82) is 0 Å². The van der Waals surface area contributed by atoms with Gasteiger partial charge in [-0.15, -0.1) is 0 Å². The van der Waals surface area contributed by atoms with Gasteiger partial charge in [-0.25, -0.2) is 27.5 Å². The average molecular weight is 512 g/mol. The molecule has 1 aromatic rings. The van der Waals surface area contributed by atoms with Crippen LogP contribution in [0.1, 0.15) is 51.9 Å². The molecule has 196 valence electrons. The van der Waals surface area contributed by atoms with Crippen LogP contribution in [0.3, 0.4) is 0 Å². The molecule has 3 aliphatic rings. The van der Waals surface area contributed by atoms with Crippen LogP contribution in [0.4, 0.5) is 10.6 Å². The molecule has 2 heterocycles. The minimum atomic E-state index is -3.40. The molecule has 0 aromatic carbocycles. The molecule has 11 nitrogen and oxygen atoms in total. The van der Waals surface area contributed by atoms with Gasteiger partial charge in [-0.2, -0.15) is 0 Å². The van der Waals surface area contributed by atoms with Gasteiger partial charge in [0.05, 0.1) is 30.4 Å². The lowest BCUT2D eigenvalue weighted by atomic mass is 9.98. The molecule has 0 bridgehead atoms. The van der Waals surface area contributed by atoms with Crippen molar-refractivity contribution in [3.8, 4) is 5.88 Å². The van der Waals surface area contributed by atoms with Crippen LogP contribution in [0, 0.1) is 5.92 Å². The third-order valence-corrected chi connectivity index (χ3v) is 8.97. The number of carbonyl (C=O) groups excluding carboxylic acids is 1. The molecule has 1 saturated heterocycles. The molecule has 2 saturated carbocycles. The van der Waals surface area contributed by atoms with Crippen LogP contribution in [0.25, 0.3) is 0 Å². The van der Waals surface area contributed by atoms with Gasteiger partial charge in [-0.1, -0.05) is 0 Å². The van der Waals surface area contributed by atoms with Crippen LogP contribution in [-0.4, -0.2) is 95.6 Å². The van der Waals surface area contributed by atoms with Crippen molar-refractivity contribution in [2.45, 2.75) is 63.1 Å². The van der Waals surface area contributed by atoms with Crippen molar-refractivity contribution in [2.24, 2.45) is 5.92 Å². The number of likely N-dealkylation sites (tertiary alicyclic amines) is 1. The maximum Gasteiger partial charge on any atom is 0.410 e. The molecular formula is C23H37N5O6S. The molecule has 1 aromatic heterocycles. The van der Waals surface area contributed by atoms with Gasteiger partial charge in [-0.05, 0) is 57.8 Å². The summed E-state index contributed by atoms with van der Waals surface area (Å²) in [7, 11) is -1.86. The highest BCUT2D eigenvalue weighted by atomic mass is 32.2. The summed E-state index contributed by atoms with van der Waals surface area (Å²) in [6.07, 6.45) is 8.15. The minimum Gasteiger partial charge on any atom is -0.476 e. The van der Waals surface area contributed by atoms with E-state index < -0.39 is 15.6 Å². The quantitative estimate of drug-likeness (QED) is 0.431. The molecule has 0 unspecified atom stereocenters. The number of hydrogen-bond donors (Lipinski definition) is 2. The van der Waals surface area contributed by atoms with E-state index in [0.717, 1.165) is 25.7 Å². The third-order valence-electron chi connectivity index (χ3n) is 7.12. The number of amides is 1. The smallest absolute Gasteiger partial charge is 0.410 e. The lowest BCUT2D eigenvalue weighted by molar-refractivity contribution is 0.0454. The monoisotopic (exact) mass is 511 g/mol. The van der Waals surface area contributed by atoms with E-state index in [-0.39, 0.29) is 30.4 Å². The Kier molecular flexibility index (Phi) is 7.72. The first kappa shape index (κ1) is 25.9. The van der Waals surface area contributed by atoms with Crippen molar-refractivity contribution >= 4 is 21.9 Å². The van der Waals surface area contributed by atoms with Gasteiger partial charge < -0.3 is 24.8 Å². The number of rotatable bonds is 12. The van der Waals surface area contributed by atoms with E-state index in [9.17, 15) is 18.3 Å². The molecule has 1 amide bonds. The molecule has 1 aliphatic heterocycles. The molecular weight excluding hydrogens is 474 g/mol. The summed E-state index contributed by atoms with van der Waals surface area (Å²) in [6.45, 7) is 4.49. The summed E-state index contributed by atoms with van der Waals surface area (Å²) in [6, 6.07) is 0. The Hall–Kier alpha value is -2.18. The summed E-state index contributed by atoms with van der Waals surface area (Å²) < 4.78 is 37.3. The molecule has 35 heavy (non-hydrogen) atoms. The van der Waals surface area contributed by atoms with Crippen molar-refractivity contribution in [3.05, 3.63) is 12.4 Å². The summed E-state index contributed by atoms with van der Waals surface area (Å²) in [5.41, 5.74) is -1.02. The molecule has 0 radical (unpaired) electrons. The summed E-state index contributed by atoms with van der Waals surface area (Å²) in [4.78, 5) is 22.5. The van der Waals surface area contributed by atoms with Gasteiger partial charge in [0.15, 0.2) is 0 Å². The molecule has 3 fully saturated rings. The van der Waals surface area contributed by atoms with Crippen LogP contribution >= 0.6 is 0 Å². The first-order valence-electron chi connectivity index (χ1n) is 12.4. The second kappa shape index (κ2) is 10.4. The van der Waals surface area contributed by atoms with E-state index in [4.69, 9.17) is 9.47 Å². The average Bonchev–Trinajstić information content (AvgIpc) is 3.76. The molecule has 12 heteroatoms. The number of nitrogens with one attached hydrogen (secondary N) is 1. The number of carbonyl (C=O) groups is 1. The molecule has 4 rings (SSSR count). The van der Waals surface area contributed by atoms with E-state index in [0.29, 0.717) is 56.7 Å². The van der Waals surface area contributed by atoms with Gasteiger partial charge in [0.25, 0.3) is 0 Å². The number of nitrogens with zero attached hydrogens (tertiary/aromatic N) is 4. The topological polar surface area (TPSA) is 134 Å². The Labute approximate surface area is 207 Å². The van der Waals surface area contributed by atoms with Crippen LogP contribution in [0.2, 0.25) is 0 Å². The van der Waals surface area contributed by atoms with Crippen molar-refractivity contribution < 1.29 is 27.8 Å². The van der Waals surface area contributed by atoms with Crippen LogP contribution < -0.4 is 10.1 Å². The number of aromatic nitrogens is 2. The van der Waals surface area contributed by atoms with Gasteiger partial charge in [0, 0.05) is 33.2 Å². The molecule has 0 spiro atoms. The minimum absolute atomic E-state index is 0.0472. The van der Waals surface area contributed by atoms with Crippen molar-refractivity contribution in [3.63, 3.8) is 0 Å². The Morgan fingerprint density at radius 3 is 2.54 bits per heavy atom. The van der Waals surface area contributed by atoms with E-state index in [2.05, 4.69) is 15.3 Å². The zero-order valence-corrected chi connectivity index (χ0v) is 21.4. The van der Waals surface area contributed by atoms with E-state index in [1.165, 1.54) is 11.4 Å². The summed E-state index contributed by atoms with van der Waals surface area (Å²) in [5.74, 6) is 1.26. The predicted molar refractivity (Wildman–Crippen MR) is 130 cm³/mol. The molecule has 2 aliphatic carbocycles. The number of likely N-dealkylation sites (N-methyl/N-ethyl adjacent to an activating group) is 1. The standard InChI is InChI=1S/C23H37N5O6S/c1-22(5-6-22)34-21(29)28-11-3-18(4-12-28)17-33-20-16-25-19(15-26-20)24-10-13-27(2)35(31,32)14-9-23(30)7-8-23/h15-16,18,30H,3-14,17H2,1-2H3,(H,24,25). The highest BCUT2D eigenvalue weighted by Gasteiger charge is 2.43. The normalized spacial score (nSPS) is 21.0. The van der Waals surface area contributed by atoms with Crippen LogP contribution in [0.5, 0.6) is 5.88 Å².